The van der Waals surface area contributed by atoms with Crippen molar-refractivity contribution < 1.29 is 18.8 Å². The fraction of sp³-hybridized carbons (Fsp3) is 0.0789. The van der Waals surface area contributed by atoms with E-state index in [0.29, 0.717) is 11.3 Å². The van der Waals surface area contributed by atoms with Gasteiger partial charge in [0.1, 0.15) is 16.8 Å². The molecule has 47 heavy (non-hydrogen) atoms. The lowest BCUT2D eigenvalue weighted by Gasteiger charge is -2.18. The number of amides is 3. The molecule has 0 aliphatic rings. The van der Waals surface area contributed by atoms with E-state index in [4.69, 9.17) is 0 Å². The molecule has 0 aromatic heterocycles. The van der Waals surface area contributed by atoms with E-state index >= 15 is 0 Å². The highest BCUT2D eigenvalue weighted by molar-refractivity contribution is 9.10. The monoisotopic (exact) mass is 707 g/mol. The van der Waals surface area contributed by atoms with Gasteiger partial charge in [-0.2, -0.15) is 0 Å². The zero-order valence-electron chi connectivity index (χ0n) is 25.6. The first-order valence-corrected chi connectivity index (χ1v) is 16.4. The summed E-state index contributed by atoms with van der Waals surface area (Å²) in [6.45, 7) is 3.97. The van der Waals surface area contributed by atoms with Crippen LogP contribution >= 0.6 is 27.7 Å². The minimum atomic E-state index is -0.751. The van der Waals surface area contributed by atoms with E-state index in [1.54, 1.807) is 42.5 Å². The van der Waals surface area contributed by atoms with Crippen molar-refractivity contribution in [2.75, 3.05) is 10.6 Å². The second kappa shape index (κ2) is 15.5. The van der Waals surface area contributed by atoms with Gasteiger partial charge in [-0.05, 0) is 91.2 Å². The van der Waals surface area contributed by atoms with E-state index in [1.807, 2.05) is 74.5 Å². The van der Waals surface area contributed by atoms with E-state index in [2.05, 4.69) is 31.9 Å². The third-order valence-corrected chi connectivity index (χ3v) is 8.93. The summed E-state index contributed by atoms with van der Waals surface area (Å²) in [6, 6.07) is 35.2. The summed E-state index contributed by atoms with van der Waals surface area (Å²) in [5.74, 6) is -2.19. The Morgan fingerprint density at radius 1 is 0.787 bits per heavy atom. The second-order valence-corrected chi connectivity index (χ2v) is 12.8. The van der Waals surface area contributed by atoms with Crippen LogP contribution in [-0.4, -0.2) is 17.7 Å². The maximum Gasteiger partial charge on any atom is 0.272 e. The maximum atomic E-state index is 14.3. The van der Waals surface area contributed by atoms with E-state index < -0.39 is 22.9 Å². The smallest absolute Gasteiger partial charge is 0.272 e. The quantitative estimate of drug-likeness (QED) is 0.0999. The third kappa shape index (κ3) is 9.06. The third-order valence-electron chi connectivity index (χ3n) is 7.14. The van der Waals surface area contributed by atoms with Gasteiger partial charge in [0.25, 0.3) is 11.8 Å². The number of halogens is 2. The Bertz CT molecular complexity index is 1930. The molecule has 0 spiro atoms. The number of nitrogens with one attached hydrogen (secondary N) is 3. The molecule has 0 fully saturated rings. The van der Waals surface area contributed by atoms with Gasteiger partial charge < -0.3 is 16.0 Å². The summed E-state index contributed by atoms with van der Waals surface area (Å²) in [6.07, 6.45) is 1.52. The Kier molecular flexibility index (Phi) is 11.0. The zero-order chi connectivity index (χ0) is 33.3. The molecule has 0 heterocycles. The van der Waals surface area contributed by atoms with Crippen LogP contribution in [0.4, 0.5) is 15.8 Å². The highest BCUT2D eigenvalue weighted by Crippen LogP contribution is 2.37. The van der Waals surface area contributed by atoms with Gasteiger partial charge >= 0.3 is 0 Å². The second-order valence-electron chi connectivity index (χ2n) is 10.7. The highest BCUT2D eigenvalue weighted by atomic mass is 79.9. The van der Waals surface area contributed by atoms with Crippen molar-refractivity contribution in [3.05, 3.63) is 165 Å². The average Bonchev–Trinajstić information content (AvgIpc) is 3.06. The lowest BCUT2D eigenvalue weighted by atomic mass is 10.1. The minimum absolute atomic E-state index is 0.0637. The van der Waals surface area contributed by atoms with Gasteiger partial charge in [0.05, 0.1) is 5.56 Å². The van der Waals surface area contributed by atoms with Crippen molar-refractivity contribution in [1.82, 2.24) is 5.32 Å². The molecule has 0 aliphatic carbocycles. The van der Waals surface area contributed by atoms with Crippen LogP contribution in [0.25, 0.3) is 6.08 Å². The number of anilines is 2. The van der Waals surface area contributed by atoms with Crippen LogP contribution in [-0.2, 0) is 9.59 Å². The van der Waals surface area contributed by atoms with E-state index in [-0.39, 0.29) is 17.2 Å². The molecule has 3 N–H and O–H groups in total. The lowest BCUT2D eigenvalue weighted by molar-refractivity contribution is -0.116. The average molecular weight is 709 g/mol. The van der Waals surface area contributed by atoms with Crippen molar-refractivity contribution in [1.29, 1.82) is 0 Å². The molecule has 1 atom stereocenters. The summed E-state index contributed by atoms with van der Waals surface area (Å²) in [4.78, 5) is 40.7. The molecule has 0 aliphatic heterocycles. The van der Waals surface area contributed by atoms with Crippen LogP contribution in [0.5, 0.6) is 0 Å². The van der Waals surface area contributed by atoms with Gasteiger partial charge in [-0.1, -0.05) is 88.2 Å². The lowest BCUT2D eigenvalue weighted by Crippen LogP contribution is -2.31. The first-order chi connectivity index (χ1) is 22.7. The summed E-state index contributed by atoms with van der Waals surface area (Å²) >= 11 is 4.78. The topological polar surface area (TPSA) is 87.3 Å². The molecule has 0 radical (unpaired) electrons. The molecule has 9 heteroatoms. The Labute approximate surface area is 285 Å². The van der Waals surface area contributed by atoms with Crippen molar-refractivity contribution in [3.8, 4) is 0 Å². The van der Waals surface area contributed by atoms with E-state index in [0.717, 1.165) is 31.7 Å². The fourth-order valence-electron chi connectivity index (χ4n) is 4.72. The predicted molar refractivity (Wildman–Crippen MR) is 191 cm³/mol. The largest absolute Gasteiger partial charge is 0.325 e. The van der Waals surface area contributed by atoms with E-state index in [9.17, 15) is 18.8 Å². The standard InChI is InChI=1S/C38H31BrFN3O3S/c1-24-12-21-33(25(2)22-24)42-38(46)35(27-8-4-3-5-9-27)47-30-19-17-29(18-20-30)41-37(45)34(23-26-13-15-28(39)16-14-26)43-36(44)31-10-6-7-11-32(31)40/h3-23,35H,1-2H3,(H,41,45)(H,42,46)(H,43,44)/b34-23-/t35-/m1/s1. The Morgan fingerprint density at radius 3 is 2.15 bits per heavy atom. The van der Waals surface area contributed by atoms with Gasteiger partial charge in [0.2, 0.25) is 5.91 Å². The molecule has 0 saturated carbocycles. The molecule has 236 valence electrons. The summed E-state index contributed by atoms with van der Waals surface area (Å²) in [5, 5.41) is 7.91. The van der Waals surface area contributed by atoms with Gasteiger partial charge in [-0.3, -0.25) is 14.4 Å². The van der Waals surface area contributed by atoms with Crippen LogP contribution in [0.1, 0.15) is 37.9 Å². The van der Waals surface area contributed by atoms with Crippen molar-refractivity contribution in [3.63, 3.8) is 0 Å². The van der Waals surface area contributed by atoms with Crippen LogP contribution in [0.3, 0.4) is 0 Å². The number of thioether (sulfide) groups is 1. The summed E-state index contributed by atoms with van der Waals surface area (Å²) < 4.78 is 15.2. The number of hydrogen-bond acceptors (Lipinski definition) is 4. The van der Waals surface area contributed by atoms with Crippen molar-refractivity contribution in [2.24, 2.45) is 0 Å². The van der Waals surface area contributed by atoms with Crippen LogP contribution in [0, 0.1) is 19.7 Å². The number of aryl methyl sites for hydroxylation is 2. The number of benzene rings is 5. The molecule has 3 amide bonds. The summed E-state index contributed by atoms with van der Waals surface area (Å²) in [5.41, 5.74) is 4.59. The van der Waals surface area contributed by atoms with Crippen LogP contribution in [0.2, 0.25) is 0 Å². The minimum Gasteiger partial charge on any atom is -0.325 e. The molecule has 0 saturated heterocycles. The van der Waals surface area contributed by atoms with Crippen LogP contribution < -0.4 is 16.0 Å². The predicted octanol–water partition coefficient (Wildman–Crippen LogP) is 9.09. The SMILES string of the molecule is Cc1ccc(NC(=O)[C@H](Sc2ccc(NC(=O)/C(=C/c3ccc(Br)cc3)NC(=O)c3ccccc3F)cc2)c2ccccc2)c(C)c1. The Morgan fingerprint density at radius 2 is 1.47 bits per heavy atom. The molecular formula is C38H31BrFN3O3S. The Balaban J connectivity index is 1.34. The van der Waals surface area contributed by atoms with Crippen molar-refractivity contribution >= 4 is 62.9 Å². The number of carbonyl (C=O) groups excluding carboxylic acids is 3. The molecule has 5 aromatic carbocycles. The fourth-order valence-corrected chi connectivity index (χ4v) is 6.01. The van der Waals surface area contributed by atoms with E-state index in [1.165, 1.54) is 36.0 Å². The van der Waals surface area contributed by atoms with Crippen molar-refractivity contribution in [2.45, 2.75) is 24.0 Å². The molecule has 5 aromatic rings. The first kappa shape index (κ1) is 33.4. The normalized spacial score (nSPS) is 11.8. The molecule has 5 rings (SSSR count). The number of hydrogen-bond donors (Lipinski definition) is 3. The molecule has 0 bridgehead atoms. The van der Waals surface area contributed by atoms with Gasteiger partial charge in [0, 0.05) is 20.7 Å². The molecular weight excluding hydrogens is 677 g/mol. The van der Waals surface area contributed by atoms with Crippen LogP contribution in [0.15, 0.2) is 136 Å². The Hall–Kier alpha value is -4.99. The maximum absolute atomic E-state index is 14.3. The van der Waals surface area contributed by atoms with Gasteiger partial charge in [-0.25, -0.2) is 4.39 Å². The zero-order valence-corrected chi connectivity index (χ0v) is 28.0. The molecule has 6 nitrogen and oxygen atoms in total. The van der Waals surface area contributed by atoms with Gasteiger partial charge in [-0.15, -0.1) is 11.8 Å². The number of rotatable bonds is 10. The number of carbonyl (C=O) groups is 3. The highest BCUT2D eigenvalue weighted by Gasteiger charge is 2.23. The van der Waals surface area contributed by atoms with Gasteiger partial charge in [0.15, 0.2) is 0 Å². The first-order valence-electron chi connectivity index (χ1n) is 14.7. The molecule has 0 unspecified atom stereocenters. The summed E-state index contributed by atoms with van der Waals surface area (Å²) in [7, 11) is 0.